The van der Waals surface area contributed by atoms with Crippen molar-refractivity contribution in [3.8, 4) is 5.00 Å². The van der Waals surface area contributed by atoms with Crippen LogP contribution in [0.15, 0.2) is 29.3 Å². The number of carbonyl (C=O) groups is 1. The van der Waals surface area contributed by atoms with Crippen molar-refractivity contribution in [1.82, 2.24) is 18.3 Å². The summed E-state index contributed by atoms with van der Waals surface area (Å²) in [7, 11) is 0. The largest absolute Gasteiger partial charge is 0.299 e. The fourth-order valence-electron chi connectivity index (χ4n) is 3.35. The van der Waals surface area contributed by atoms with Gasteiger partial charge in [0.05, 0.1) is 35.0 Å². The fourth-order valence-corrected chi connectivity index (χ4v) is 4.91. The number of hydrogen-bond donors (Lipinski definition) is 1. The summed E-state index contributed by atoms with van der Waals surface area (Å²) >= 11 is 9.64. The molecule has 6 nitrogen and oxygen atoms in total. The summed E-state index contributed by atoms with van der Waals surface area (Å²) in [6.07, 6.45) is 0.200. The minimum Gasteiger partial charge on any atom is -0.299 e. The van der Waals surface area contributed by atoms with Gasteiger partial charge in [-0.2, -0.15) is 0 Å². The van der Waals surface area contributed by atoms with Gasteiger partial charge in [0.1, 0.15) is 16.9 Å². The van der Waals surface area contributed by atoms with Crippen molar-refractivity contribution in [2.24, 2.45) is 4.99 Å². The van der Waals surface area contributed by atoms with Crippen LogP contribution in [0.4, 0.5) is 0 Å². The normalized spacial score (nSPS) is 15.5. The Morgan fingerprint density at radius 3 is 2.64 bits per heavy atom. The third-order valence-corrected chi connectivity index (χ3v) is 6.89. The zero-order chi connectivity index (χ0) is 20.0. The van der Waals surface area contributed by atoms with Crippen molar-refractivity contribution in [2.75, 3.05) is 0 Å². The van der Waals surface area contributed by atoms with Crippen molar-refractivity contribution in [3.05, 3.63) is 62.5 Å². The van der Waals surface area contributed by atoms with Gasteiger partial charge in [0, 0.05) is 21.0 Å². The second kappa shape index (κ2) is 7.57. The van der Waals surface area contributed by atoms with E-state index in [1.807, 2.05) is 58.6 Å². The zero-order valence-corrected chi connectivity index (χ0v) is 19.2. The van der Waals surface area contributed by atoms with Gasteiger partial charge in [-0.25, -0.2) is 0 Å². The highest BCUT2D eigenvalue weighted by Gasteiger charge is 2.32. The maximum Gasteiger partial charge on any atom is 0.231 e. The van der Waals surface area contributed by atoms with Crippen molar-refractivity contribution in [3.63, 3.8) is 0 Å². The van der Waals surface area contributed by atoms with E-state index in [1.54, 1.807) is 11.3 Å². The number of nitrogens with one attached hydrogen (secondary N) is 1. The van der Waals surface area contributed by atoms with Crippen LogP contribution in [0, 0.1) is 20.8 Å². The average Bonchev–Trinajstić information content (AvgIpc) is 3.15. The first kappa shape index (κ1) is 19.5. The molecule has 0 bridgehead atoms. The second-order valence-electron chi connectivity index (χ2n) is 6.63. The number of halogens is 2. The molecule has 4 rings (SSSR count). The Hall–Kier alpha value is -1.78. The van der Waals surface area contributed by atoms with Gasteiger partial charge in [0.2, 0.25) is 5.91 Å². The molecule has 0 saturated carbocycles. The van der Waals surface area contributed by atoms with Gasteiger partial charge in [0.25, 0.3) is 0 Å². The number of aromatic nitrogens is 3. The summed E-state index contributed by atoms with van der Waals surface area (Å²) in [6.45, 7) is 6.13. The van der Waals surface area contributed by atoms with Gasteiger partial charge in [-0.3, -0.25) is 17.9 Å². The minimum atomic E-state index is -0.430. The molecule has 1 aliphatic rings. The molecule has 9 heteroatoms. The standard InChI is InChI=1S/C19H17ClIN5OS/c1-9-10(2)28-19-16(9)17(12-4-6-13(20)7-5-12)22-14(8-15(27)23-21)18-25-24-11(3)26(18)19/h4-7,14H,8H2,1-3H3,(H,23,27)/t14-/m0/s1. The molecule has 0 radical (unpaired) electrons. The summed E-state index contributed by atoms with van der Waals surface area (Å²) < 4.78 is 4.70. The summed E-state index contributed by atoms with van der Waals surface area (Å²) in [5, 5.41) is 10.4. The Labute approximate surface area is 185 Å². The van der Waals surface area contributed by atoms with E-state index >= 15 is 0 Å². The van der Waals surface area contributed by atoms with E-state index in [9.17, 15) is 4.79 Å². The Bertz CT molecular complexity index is 1100. The van der Waals surface area contributed by atoms with Crippen LogP contribution < -0.4 is 3.53 Å². The highest BCUT2D eigenvalue weighted by atomic mass is 127. The molecular formula is C19H17ClIN5OS. The van der Waals surface area contributed by atoms with E-state index in [4.69, 9.17) is 16.6 Å². The topological polar surface area (TPSA) is 72.2 Å². The number of rotatable bonds is 3. The molecular weight excluding hydrogens is 509 g/mol. The maximum absolute atomic E-state index is 12.2. The molecule has 1 aliphatic heterocycles. The van der Waals surface area contributed by atoms with Gasteiger partial charge in [-0.15, -0.1) is 21.5 Å². The number of aryl methyl sites for hydroxylation is 2. The van der Waals surface area contributed by atoms with Crippen LogP contribution in [-0.4, -0.2) is 26.4 Å². The quantitative estimate of drug-likeness (QED) is 0.399. The molecule has 0 spiro atoms. The van der Waals surface area contributed by atoms with E-state index in [2.05, 4.69) is 27.6 Å². The van der Waals surface area contributed by atoms with Crippen LogP contribution in [0.25, 0.3) is 5.00 Å². The number of carbonyl (C=O) groups excluding carboxylic acids is 1. The monoisotopic (exact) mass is 525 g/mol. The van der Waals surface area contributed by atoms with E-state index in [0.29, 0.717) is 10.8 Å². The van der Waals surface area contributed by atoms with E-state index < -0.39 is 6.04 Å². The number of aliphatic imine (C=N–C) groups is 1. The first-order valence-corrected chi connectivity index (χ1v) is 10.9. The number of benzene rings is 1. The SMILES string of the molecule is Cc1sc2c(c1C)C(c1ccc(Cl)cc1)=N[C@@H](CC(=O)NI)c1nnc(C)n1-2. The number of thiophene rings is 1. The summed E-state index contributed by atoms with van der Waals surface area (Å²) in [5.41, 5.74) is 4.05. The molecule has 0 aliphatic carbocycles. The van der Waals surface area contributed by atoms with Crippen LogP contribution >= 0.6 is 45.8 Å². The second-order valence-corrected chi connectivity index (χ2v) is 8.81. The molecule has 0 fully saturated rings. The first-order chi connectivity index (χ1) is 13.4. The van der Waals surface area contributed by atoms with Gasteiger partial charge < -0.3 is 0 Å². The van der Waals surface area contributed by atoms with Crippen molar-refractivity contribution in [1.29, 1.82) is 0 Å². The number of amides is 1. The summed E-state index contributed by atoms with van der Waals surface area (Å²) in [6, 6.07) is 7.21. The lowest BCUT2D eigenvalue weighted by Gasteiger charge is -2.11. The van der Waals surface area contributed by atoms with Crippen LogP contribution in [0.5, 0.6) is 0 Å². The van der Waals surface area contributed by atoms with E-state index in [-0.39, 0.29) is 12.3 Å². The van der Waals surface area contributed by atoms with Crippen LogP contribution in [0.3, 0.4) is 0 Å². The smallest absolute Gasteiger partial charge is 0.231 e. The van der Waals surface area contributed by atoms with Gasteiger partial charge in [0.15, 0.2) is 5.82 Å². The summed E-state index contributed by atoms with van der Waals surface area (Å²) in [4.78, 5) is 18.4. The first-order valence-electron chi connectivity index (χ1n) is 8.66. The average molecular weight is 526 g/mol. The van der Waals surface area contributed by atoms with Gasteiger partial charge >= 0.3 is 0 Å². The Kier molecular flexibility index (Phi) is 5.28. The Morgan fingerprint density at radius 1 is 1.25 bits per heavy atom. The maximum atomic E-state index is 12.2. The van der Waals surface area contributed by atoms with E-state index in [0.717, 1.165) is 27.7 Å². The van der Waals surface area contributed by atoms with Crippen molar-refractivity contribution in [2.45, 2.75) is 33.2 Å². The molecule has 144 valence electrons. The van der Waals surface area contributed by atoms with E-state index in [1.165, 1.54) is 10.4 Å². The molecule has 1 N–H and O–H groups in total. The molecule has 3 aromatic rings. The molecule has 0 saturated heterocycles. The minimum absolute atomic E-state index is 0.102. The van der Waals surface area contributed by atoms with Crippen LogP contribution in [0.1, 0.15) is 45.7 Å². The number of hydrogen-bond acceptors (Lipinski definition) is 5. The zero-order valence-electron chi connectivity index (χ0n) is 15.5. The van der Waals surface area contributed by atoms with Crippen molar-refractivity contribution >= 4 is 57.4 Å². The molecule has 28 heavy (non-hydrogen) atoms. The van der Waals surface area contributed by atoms with Gasteiger partial charge in [-0.05, 0) is 38.5 Å². The lowest BCUT2D eigenvalue weighted by Crippen LogP contribution is -2.17. The van der Waals surface area contributed by atoms with Crippen molar-refractivity contribution < 1.29 is 4.79 Å². The predicted octanol–water partition coefficient (Wildman–Crippen LogP) is 4.66. The fraction of sp³-hybridized carbons (Fsp3) is 0.263. The molecule has 1 amide bonds. The lowest BCUT2D eigenvalue weighted by atomic mass is 9.99. The predicted molar refractivity (Wildman–Crippen MR) is 120 cm³/mol. The Balaban J connectivity index is 2.01. The third kappa shape index (κ3) is 3.27. The molecule has 3 heterocycles. The lowest BCUT2D eigenvalue weighted by molar-refractivity contribution is -0.119. The molecule has 2 aromatic heterocycles. The third-order valence-electron chi connectivity index (χ3n) is 4.84. The van der Waals surface area contributed by atoms with Crippen LogP contribution in [-0.2, 0) is 4.79 Å². The highest BCUT2D eigenvalue weighted by Crippen LogP contribution is 2.39. The summed E-state index contributed by atoms with van der Waals surface area (Å²) in [5.74, 6) is 1.36. The highest BCUT2D eigenvalue weighted by molar-refractivity contribution is 14.1. The molecule has 0 unspecified atom stereocenters. The molecule has 1 atom stereocenters. The van der Waals surface area contributed by atoms with Crippen LogP contribution in [0.2, 0.25) is 5.02 Å². The molecule has 1 aromatic carbocycles. The van der Waals surface area contributed by atoms with Gasteiger partial charge in [-0.1, -0.05) is 23.7 Å². The number of nitrogens with zero attached hydrogens (tertiary/aromatic N) is 4. The Morgan fingerprint density at radius 2 is 1.96 bits per heavy atom. The number of fused-ring (bicyclic) bond motifs is 3.